The summed E-state index contributed by atoms with van der Waals surface area (Å²) < 4.78 is 5.65. The van der Waals surface area contributed by atoms with Gasteiger partial charge in [-0.1, -0.05) is 24.3 Å². The molecule has 0 saturated carbocycles. The molecule has 1 aliphatic rings. The first-order chi connectivity index (χ1) is 10.1. The van der Waals surface area contributed by atoms with Gasteiger partial charge >= 0.3 is 0 Å². The minimum Gasteiger partial charge on any atom is -0.491 e. The zero-order valence-electron chi connectivity index (χ0n) is 12.3. The lowest BCUT2D eigenvalue weighted by atomic mass is 9.92. The summed E-state index contributed by atoms with van der Waals surface area (Å²) in [5.74, 6) is 1.05. The van der Waals surface area contributed by atoms with Crippen molar-refractivity contribution in [3.05, 3.63) is 59.7 Å². The van der Waals surface area contributed by atoms with E-state index in [1.165, 1.54) is 0 Å². The molecule has 0 amide bonds. The third-order valence-corrected chi connectivity index (χ3v) is 3.60. The number of carbonyl (C=O) groups excluding carboxylic acids is 1. The van der Waals surface area contributed by atoms with Crippen LogP contribution in [-0.4, -0.2) is 11.9 Å². The van der Waals surface area contributed by atoms with Crippen LogP contribution in [0.2, 0.25) is 0 Å². The maximum Gasteiger partial charge on any atom is 0.167 e. The molecular weight excluding hydrogens is 262 g/mol. The normalized spacial score (nSPS) is 17.3. The Labute approximate surface area is 124 Å². The van der Waals surface area contributed by atoms with Crippen molar-refractivity contribution >= 4 is 11.5 Å². The molecule has 0 radical (unpaired) electrons. The van der Waals surface area contributed by atoms with Gasteiger partial charge in [-0.3, -0.25) is 4.79 Å². The van der Waals surface area contributed by atoms with Crippen LogP contribution in [0.25, 0.3) is 0 Å². The number of fused-ring (bicyclic) bond motifs is 1. The number of Topliss-reactive ketones (excluding diaryl/α,β-unsaturated/α-hetero) is 1. The predicted octanol–water partition coefficient (Wildman–Crippen LogP) is 4.21. The summed E-state index contributed by atoms with van der Waals surface area (Å²) in [5, 5.41) is 3.44. The van der Waals surface area contributed by atoms with Crippen molar-refractivity contribution < 1.29 is 9.53 Å². The minimum absolute atomic E-state index is 0.0282. The highest BCUT2D eigenvalue weighted by molar-refractivity contribution is 6.03. The summed E-state index contributed by atoms with van der Waals surface area (Å²) >= 11 is 0. The first kappa shape index (κ1) is 13.7. The number of carbonyl (C=O) groups is 1. The number of hydrogen-bond acceptors (Lipinski definition) is 3. The number of anilines is 1. The van der Waals surface area contributed by atoms with Crippen molar-refractivity contribution in [2.24, 2.45) is 0 Å². The second kappa shape index (κ2) is 5.60. The fraction of sp³-hybridized carbons (Fsp3) is 0.278. The van der Waals surface area contributed by atoms with Crippen molar-refractivity contribution in [1.29, 1.82) is 0 Å². The molecule has 108 valence electrons. The Balaban J connectivity index is 1.81. The molecule has 0 bridgehead atoms. The van der Waals surface area contributed by atoms with Gasteiger partial charge in [0.15, 0.2) is 5.78 Å². The standard InChI is InChI=1S/C18H19NO2/c1-12(2)21-14-9-7-13(8-10-14)17-11-18(20)15-5-3-4-6-16(15)19-17/h3-10,12,17,19H,11H2,1-2H3. The molecule has 3 nitrogen and oxygen atoms in total. The lowest BCUT2D eigenvalue weighted by Crippen LogP contribution is -2.22. The second-order valence-corrected chi connectivity index (χ2v) is 5.61. The Morgan fingerprint density at radius 3 is 2.52 bits per heavy atom. The molecule has 0 aliphatic carbocycles. The van der Waals surface area contributed by atoms with E-state index in [2.05, 4.69) is 5.32 Å². The van der Waals surface area contributed by atoms with Crippen molar-refractivity contribution in [3.63, 3.8) is 0 Å². The van der Waals surface area contributed by atoms with Crippen LogP contribution in [0.1, 0.15) is 42.2 Å². The summed E-state index contributed by atoms with van der Waals surface area (Å²) in [4.78, 5) is 12.2. The van der Waals surface area contributed by atoms with Gasteiger partial charge in [0.05, 0.1) is 12.1 Å². The number of nitrogens with one attached hydrogen (secondary N) is 1. The Kier molecular flexibility index (Phi) is 3.65. The Hall–Kier alpha value is -2.29. The Morgan fingerprint density at radius 2 is 1.81 bits per heavy atom. The Morgan fingerprint density at radius 1 is 1.10 bits per heavy atom. The molecule has 2 aromatic rings. The van der Waals surface area contributed by atoms with Crippen LogP contribution in [0.3, 0.4) is 0 Å². The second-order valence-electron chi connectivity index (χ2n) is 5.61. The number of hydrogen-bond donors (Lipinski definition) is 1. The molecule has 1 aliphatic heterocycles. The first-order valence-corrected chi connectivity index (χ1v) is 7.29. The molecule has 0 aromatic heterocycles. The highest BCUT2D eigenvalue weighted by Crippen LogP contribution is 2.32. The van der Waals surface area contributed by atoms with Gasteiger partial charge in [-0.15, -0.1) is 0 Å². The number of para-hydroxylation sites is 1. The van der Waals surface area contributed by atoms with Gasteiger partial charge in [0.25, 0.3) is 0 Å². The highest BCUT2D eigenvalue weighted by atomic mass is 16.5. The van der Waals surface area contributed by atoms with Crippen molar-refractivity contribution in [3.8, 4) is 5.75 Å². The molecule has 21 heavy (non-hydrogen) atoms. The van der Waals surface area contributed by atoms with E-state index in [1.807, 2.05) is 62.4 Å². The summed E-state index contributed by atoms with van der Waals surface area (Å²) in [5.41, 5.74) is 2.81. The highest BCUT2D eigenvalue weighted by Gasteiger charge is 2.25. The SMILES string of the molecule is CC(C)Oc1ccc(C2CC(=O)c3ccccc3N2)cc1. The molecule has 1 atom stereocenters. The van der Waals surface area contributed by atoms with E-state index in [4.69, 9.17) is 4.74 Å². The van der Waals surface area contributed by atoms with Gasteiger partial charge in [0, 0.05) is 17.7 Å². The van der Waals surface area contributed by atoms with E-state index < -0.39 is 0 Å². The van der Waals surface area contributed by atoms with Gasteiger partial charge in [-0.2, -0.15) is 0 Å². The molecule has 1 heterocycles. The third-order valence-electron chi connectivity index (χ3n) is 3.60. The smallest absolute Gasteiger partial charge is 0.167 e. The maximum absolute atomic E-state index is 12.2. The van der Waals surface area contributed by atoms with Crippen molar-refractivity contribution in [2.45, 2.75) is 32.4 Å². The van der Waals surface area contributed by atoms with Crippen molar-refractivity contribution in [2.75, 3.05) is 5.32 Å². The topological polar surface area (TPSA) is 38.3 Å². The van der Waals surface area contributed by atoms with Crippen LogP contribution < -0.4 is 10.1 Å². The fourth-order valence-corrected chi connectivity index (χ4v) is 2.64. The molecular formula is C18H19NO2. The number of rotatable bonds is 3. The van der Waals surface area contributed by atoms with E-state index in [-0.39, 0.29) is 17.9 Å². The summed E-state index contributed by atoms with van der Waals surface area (Å²) in [6, 6.07) is 15.7. The third kappa shape index (κ3) is 2.92. The summed E-state index contributed by atoms with van der Waals surface area (Å²) in [7, 11) is 0. The molecule has 0 fully saturated rings. The predicted molar refractivity (Wildman–Crippen MR) is 84.0 cm³/mol. The zero-order valence-corrected chi connectivity index (χ0v) is 12.3. The van der Waals surface area contributed by atoms with Gasteiger partial charge in [-0.05, 0) is 43.7 Å². The van der Waals surface area contributed by atoms with Crippen LogP contribution in [0.5, 0.6) is 5.75 Å². The lowest BCUT2D eigenvalue weighted by Gasteiger charge is -2.26. The number of ketones is 1. The Bertz CT molecular complexity index is 647. The fourth-order valence-electron chi connectivity index (χ4n) is 2.64. The molecule has 2 aromatic carbocycles. The van der Waals surface area contributed by atoms with Crippen LogP contribution in [0.4, 0.5) is 5.69 Å². The van der Waals surface area contributed by atoms with Crippen molar-refractivity contribution in [1.82, 2.24) is 0 Å². The quantitative estimate of drug-likeness (QED) is 0.915. The van der Waals surface area contributed by atoms with Crippen LogP contribution in [0, 0.1) is 0 Å². The lowest BCUT2D eigenvalue weighted by molar-refractivity contribution is 0.0972. The van der Waals surface area contributed by atoms with Crippen LogP contribution in [0.15, 0.2) is 48.5 Å². The average Bonchev–Trinajstić information content (AvgIpc) is 2.47. The van der Waals surface area contributed by atoms with Gasteiger partial charge in [0.2, 0.25) is 0 Å². The van der Waals surface area contributed by atoms with Gasteiger partial charge in [0.1, 0.15) is 5.75 Å². The molecule has 0 spiro atoms. The van der Waals surface area contributed by atoms with E-state index in [1.54, 1.807) is 0 Å². The molecule has 3 heteroatoms. The average molecular weight is 281 g/mol. The zero-order chi connectivity index (χ0) is 14.8. The van der Waals surface area contributed by atoms with E-state index in [9.17, 15) is 4.79 Å². The molecule has 1 unspecified atom stereocenters. The van der Waals surface area contributed by atoms with Crippen LogP contribution >= 0.6 is 0 Å². The van der Waals surface area contributed by atoms with Gasteiger partial charge < -0.3 is 10.1 Å². The summed E-state index contributed by atoms with van der Waals surface area (Å²) in [6.45, 7) is 4.01. The largest absolute Gasteiger partial charge is 0.491 e. The minimum atomic E-state index is 0.0282. The van der Waals surface area contributed by atoms with E-state index in [0.717, 1.165) is 22.6 Å². The van der Waals surface area contributed by atoms with E-state index >= 15 is 0 Å². The monoisotopic (exact) mass is 281 g/mol. The molecule has 1 N–H and O–H groups in total. The number of benzene rings is 2. The van der Waals surface area contributed by atoms with Gasteiger partial charge in [-0.25, -0.2) is 0 Å². The number of ether oxygens (including phenoxy) is 1. The van der Waals surface area contributed by atoms with E-state index in [0.29, 0.717) is 6.42 Å². The maximum atomic E-state index is 12.2. The first-order valence-electron chi connectivity index (χ1n) is 7.29. The summed E-state index contributed by atoms with van der Waals surface area (Å²) in [6.07, 6.45) is 0.651. The van der Waals surface area contributed by atoms with Crippen LogP contribution in [-0.2, 0) is 0 Å². The molecule has 0 saturated heterocycles. The molecule has 3 rings (SSSR count).